The highest BCUT2D eigenvalue weighted by atomic mass is 33.1. The number of hydrogen-bond acceptors (Lipinski definition) is 10. The van der Waals surface area contributed by atoms with Crippen LogP contribution >= 0.6 is 21.6 Å². The van der Waals surface area contributed by atoms with Gasteiger partial charge in [-0.15, -0.1) is 0 Å². The third-order valence-corrected chi connectivity index (χ3v) is 6.28. The Morgan fingerprint density at radius 2 is 0.941 bits per heavy atom. The molecule has 0 radical (unpaired) electrons. The van der Waals surface area contributed by atoms with Gasteiger partial charge < -0.3 is 31.9 Å². The third-order valence-electron chi connectivity index (χ3n) is 3.81. The van der Waals surface area contributed by atoms with E-state index in [1.54, 1.807) is 0 Å². The molecule has 0 fully saturated rings. The Morgan fingerprint density at radius 1 is 0.618 bits per heavy atom. The van der Waals surface area contributed by atoms with Crippen molar-refractivity contribution in [3.05, 3.63) is 0 Å². The Kier molecular flexibility index (Phi) is 15.4. The maximum Gasteiger partial charge on any atom is 0.350 e. The Labute approximate surface area is 201 Å². The smallest absolute Gasteiger partial charge is 0.350 e. The van der Waals surface area contributed by atoms with Gasteiger partial charge in [0.25, 0.3) is 11.8 Å². The van der Waals surface area contributed by atoms with Gasteiger partial charge in [-0.1, -0.05) is 21.6 Å². The second-order valence-corrected chi connectivity index (χ2v) is 9.23. The van der Waals surface area contributed by atoms with Gasteiger partial charge in [-0.05, 0) is 25.7 Å². The summed E-state index contributed by atoms with van der Waals surface area (Å²) in [6, 6.07) is -2.33. The molecule has 8 N–H and O–H groups in total. The summed E-state index contributed by atoms with van der Waals surface area (Å²) in [7, 11) is 2.10. The molecule has 0 spiro atoms. The maximum absolute atomic E-state index is 12.0. The molecule has 0 aromatic rings. The van der Waals surface area contributed by atoms with E-state index in [4.69, 9.17) is 31.9 Å². The highest BCUT2D eigenvalue weighted by Gasteiger charge is 2.20. The number of aliphatic carboxylic acids is 4. The van der Waals surface area contributed by atoms with E-state index in [2.05, 4.69) is 9.98 Å². The normalized spacial score (nSPS) is 13.7. The predicted molar refractivity (Wildman–Crippen MR) is 124 cm³/mol. The number of rotatable bonds is 17. The first-order valence-corrected chi connectivity index (χ1v) is 12.2. The third kappa shape index (κ3) is 14.4. The lowest BCUT2D eigenvalue weighted by atomic mass is 10.1. The van der Waals surface area contributed by atoms with Crippen LogP contribution in [0.4, 0.5) is 0 Å². The van der Waals surface area contributed by atoms with Crippen molar-refractivity contribution < 1.29 is 49.2 Å². The SMILES string of the molecule is NC(CSSCC(N)C(=O)N=C(CCCC(=O)O)C(=O)O)C(=O)N=C(CCCC(=O)O)C(=O)O. The minimum Gasteiger partial charge on any atom is -0.481 e. The van der Waals surface area contributed by atoms with Gasteiger partial charge in [-0.3, -0.25) is 19.2 Å². The number of nitrogens with zero attached hydrogens (tertiary/aromatic N) is 2. The van der Waals surface area contributed by atoms with Gasteiger partial charge in [0.1, 0.15) is 11.4 Å². The quantitative estimate of drug-likeness (QED) is 0.0809. The van der Waals surface area contributed by atoms with Crippen LogP contribution in [0.25, 0.3) is 0 Å². The lowest BCUT2D eigenvalue weighted by molar-refractivity contribution is -0.138. The first-order valence-electron chi connectivity index (χ1n) is 9.73. The monoisotopic (exact) mass is 522 g/mol. The highest BCUT2D eigenvalue weighted by Crippen LogP contribution is 2.22. The fraction of sp³-hybridized carbons (Fsp3) is 0.556. The van der Waals surface area contributed by atoms with E-state index in [1.807, 2.05) is 0 Å². The van der Waals surface area contributed by atoms with Gasteiger partial charge in [-0.2, -0.15) is 0 Å². The molecule has 2 amide bonds. The van der Waals surface area contributed by atoms with E-state index >= 15 is 0 Å². The van der Waals surface area contributed by atoms with Crippen LogP contribution in [0.3, 0.4) is 0 Å². The summed E-state index contributed by atoms with van der Waals surface area (Å²) in [5, 5.41) is 35.3. The minimum atomic E-state index is -1.46. The summed E-state index contributed by atoms with van der Waals surface area (Å²) in [5.41, 5.74) is 10.4. The zero-order valence-electron chi connectivity index (χ0n) is 17.9. The first kappa shape index (κ1) is 31.2. The highest BCUT2D eigenvalue weighted by molar-refractivity contribution is 8.76. The molecular formula is C18H26N4O10S2. The molecule has 0 saturated heterocycles. The van der Waals surface area contributed by atoms with E-state index in [1.165, 1.54) is 0 Å². The molecule has 34 heavy (non-hydrogen) atoms. The zero-order chi connectivity index (χ0) is 26.3. The van der Waals surface area contributed by atoms with Crippen molar-refractivity contribution in [3.8, 4) is 0 Å². The number of nitrogens with two attached hydrogens (primary N) is 2. The molecule has 0 aromatic heterocycles. The summed E-state index contributed by atoms with van der Waals surface area (Å²) in [5.74, 6) is -6.95. The van der Waals surface area contributed by atoms with Crippen LogP contribution < -0.4 is 11.5 Å². The molecule has 190 valence electrons. The van der Waals surface area contributed by atoms with E-state index in [9.17, 15) is 28.8 Å². The number of carbonyl (C=O) groups excluding carboxylic acids is 2. The van der Waals surface area contributed by atoms with Crippen molar-refractivity contribution in [1.82, 2.24) is 0 Å². The molecule has 0 heterocycles. The van der Waals surface area contributed by atoms with Crippen molar-refractivity contribution in [1.29, 1.82) is 0 Å². The molecule has 16 heteroatoms. The Morgan fingerprint density at radius 3 is 1.21 bits per heavy atom. The fourth-order valence-corrected chi connectivity index (χ4v) is 4.28. The lowest BCUT2D eigenvalue weighted by Crippen LogP contribution is -2.34. The van der Waals surface area contributed by atoms with Gasteiger partial charge in [0, 0.05) is 24.3 Å². The first-order chi connectivity index (χ1) is 15.8. The van der Waals surface area contributed by atoms with Crippen LogP contribution in [0.1, 0.15) is 38.5 Å². The predicted octanol–water partition coefficient (Wildman–Crippen LogP) is -0.363. The van der Waals surface area contributed by atoms with Crippen LogP contribution in [0.2, 0.25) is 0 Å². The van der Waals surface area contributed by atoms with Gasteiger partial charge in [-0.25, -0.2) is 19.6 Å². The lowest BCUT2D eigenvalue weighted by Gasteiger charge is -2.10. The standard InChI is InChI=1S/C18H26N4O10S2/c19-9(15(27)21-11(17(29)30)3-1-5-13(23)24)7-33-34-8-10(20)16(28)22-12(18(31)32)4-2-6-14(25)26/h9-10H,1-8,19-20H2,(H,23,24)(H,25,26)(H,29,30)(H,31,32). The number of hydrogen-bond donors (Lipinski definition) is 6. The Bertz CT molecular complexity index is 779. The number of aliphatic imine (C=N–C) groups is 2. The second kappa shape index (κ2) is 16.7. The average molecular weight is 523 g/mol. The van der Waals surface area contributed by atoms with E-state index in [0.717, 1.165) is 21.6 Å². The van der Waals surface area contributed by atoms with Gasteiger partial charge in [0.15, 0.2) is 0 Å². The number of carboxylic acids is 4. The summed E-state index contributed by atoms with van der Waals surface area (Å²) in [4.78, 5) is 74.2. The molecule has 2 unspecified atom stereocenters. The minimum absolute atomic E-state index is 0.00519. The van der Waals surface area contributed by atoms with Crippen molar-refractivity contribution in [2.24, 2.45) is 21.5 Å². The van der Waals surface area contributed by atoms with Crippen LogP contribution in [-0.2, 0) is 28.8 Å². The van der Waals surface area contributed by atoms with Gasteiger partial charge in [0.05, 0.1) is 12.1 Å². The van der Waals surface area contributed by atoms with Crippen LogP contribution in [0.15, 0.2) is 9.98 Å². The molecule has 0 aliphatic heterocycles. The number of carbonyl (C=O) groups is 6. The van der Waals surface area contributed by atoms with E-state index in [-0.39, 0.29) is 50.0 Å². The summed E-state index contributed by atoms with van der Waals surface area (Å²) < 4.78 is 0. The molecule has 14 nitrogen and oxygen atoms in total. The van der Waals surface area contributed by atoms with Gasteiger partial charge >= 0.3 is 23.9 Å². The molecule has 0 rings (SSSR count). The van der Waals surface area contributed by atoms with Crippen molar-refractivity contribution in [3.63, 3.8) is 0 Å². The fourth-order valence-electron chi connectivity index (χ4n) is 2.05. The topological polar surface area (TPSA) is 260 Å². The van der Waals surface area contributed by atoms with E-state index < -0.39 is 59.2 Å². The largest absolute Gasteiger partial charge is 0.481 e. The zero-order valence-corrected chi connectivity index (χ0v) is 19.5. The molecule has 0 saturated carbocycles. The van der Waals surface area contributed by atoms with Crippen molar-refractivity contribution in [2.45, 2.75) is 50.6 Å². The van der Waals surface area contributed by atoms with E-state index in [0.29, 0.717) is 0 Å². The van der Waals surface area contributed by atoms with Crippen molar-refractivity contribution >= 4 is 68.7 Å². The molecule has 0 aliphatic rings. The van der Waals surface area contributed by atoms with Crippen LogP contribution in [0, 0.1) is 0 Å². The second-order valence-electron chi connectivity index (χ2n) is 6.68. The average Bonchev–Trinajstić information content (AvgIpc) is 2.73. The Hall–Kier alpha value is -2.82. The molecule has 0 aliphatic carbocycles. The van der Waals surface area contributed by atoms with Gasteiger partial charge in [0.2, 0.25) is 0 Å². The molecular weight excluding hydrogens is 496 g/mol. The summed E-state index contributed by atoms with van der Waals surface area (Å²) in [6.45, 7) is 0. The molecule has 2 atom stereocenters. The summed E-state index contributed by atoms with van der Waals surface area (Å²) in [6.07, 6.45) is -1.00. The number of amides is 2. The molecule has 0 bridgehead atoms. The van der Waals surface area contributed by atoms with Crippen molar-refractivity contribution in [2.75, 3.05) is 11.5 Å². The number of carboxylic acid groups (broad SMARTS) is 4. The van der Waals surface area contributed by atoms with Crippen LogP contribution in [-0.4, -0.2) is 91.1 Å². The Balaban J connectivity index is 4.63. The maximum atomic E-state index is 12.0. The molecule has 0 aromatic carbocycles. The van der Waals surface area contributed by atoms with Crippen LogP contribution in [0.5, 0.6) is 0 Å². The summed E-state index contributed by atoms with van der Waals surface area (Å²) >= 11 is 0.